The molecule has 0 aliphatic heterocycles. The van der Waals surface area contributed by atoms with Gasteiger partial charge in [0.1, 0.15) is 5.75 Å². The van der Waals surface area contributed by atoms with Crippen LogP contribution < -0.4 is 10.1 Å². The Morgan fingerprint density at radius 3 is 2.35 bits per heavy atom. The van der Waals surface area contributed by atoms with Crippen molar-refractivity contribution >= 4 is 5.97 Å². The highest BCUT2D eigenvalue weighted by atomic mass is 16.5. The first kappa shape index (κ1) is 17.2. The number of aryl methyl sites for hydroxylation is 2. The topological polar surface area (TPSA) is 51.2 Å². The first-order chi connectivity index (χ1) is 11.0. The van der Waals surface area contributed by atoms with Gasteiger partial charge in [0.2, 0.25) is 0 Å². The molecule has 1 aromatic heterocycles. The van der Waals surface area contributed by atoms with Crippen LogP contribution in [0.2, 0.25) is 0 Å². The van der Waals surface area contributed by atoms with Gasteiger partial charge >= 0.3 is 5.97 Å². The molecule has 2 rings (SSSR count). The van der Waals surface area contributed by atoms with Crippen molar-refractivity contribution < 1.29 is 9.53 Å². The number of carbonyl (C=O) groups is 1. The van der Waals surface area contributed by atoms with Crippen LogP contribution in [0, 0.1) is 13.8 Å². The molecule has 1 heterocycles. The van der Waals surface area contributed by atoms with E-state index in [0.717, 1.165) is 24.1 Å². The van der Waals surface area contributed by atoms with Crippen molar-refractivity contribution in [1.29, 1.82) is 0 Å². The second-order valence-corrected chi connectivity index (χ2v) is 5.99. The summed E-state index contributed by atoms with van der Waals surface area (Å²) < 4.78 is 5.27. The smallest absolute Gasteiger partial charge is 0.308 e. The molecular formula is C19H24N2O2. The number of rotatable bonds is 6. The predicted molar refractivity (Wildman–Crippen MR) is 91.5 cm³/mol. The number of esters is 1. The zero-order valence-electron chi connectivity index (χ0n) is 14.2. The predicted octanol–water partition coefficient (Wildman–Crippen LogP) is 3.34. The number of benzene rings is 1. The second kappa shape index (κ2) is 7.88. The van der Waals surface area contributed by atoms with E-state index in [1.165, 1.54) is 18.1 Å². The van der Waals surface area contributed by atoms with Gasteiger partial charge in [0.15, 0.2) is 0 Å². The monoisotopic (exact) mass is 312 g/mol. The summed E-state index contributed by atoms with van der Waals surface area (Å²) >= 11 is 0. The third kappa shape index (κ3) is 5.18. The number of pyridine rings is 1. The van der Waals surface area contributed by atoms with Gasteiger partial charge in [-0.15, -0.1) is 0 Å². The molecule has 4 heteroatoms. The summed E-state index contributed by atoms with van der Waals surface area (Å²) in [5.41, 5.74) is 4.44. The third-order valence-electron chi connectivity index (χ3n) is 3.71. The Bertz CT molecular complexity index is 645. The molecule has 1 N–H and O–H groups in total. The minimum Gasteiger partial charge on any atom is -0.426 e. The van der Waals surface area contributed by atoms with E-state index < -0.39 is 0 Å². The quantitative estimate of drug-likeness (QED) is 0.656. The van der Waals surface area contributed by atoms with Crippen LogP contribution in [-0.4, -0.2) is 17.0 Å². The molecule has 0 radical (unpaired) electrons. The van der Waals surface area contributed by atoms with Gasteiger partial charge in [-0.25, -0.2) is 0 Å². The molecule has 1 aromatic carbocycles. The van der Waals surface area contributed by atoms with E-state index in [9.17, 15) is 4.79 Å². The number of hydrogen-bond donors (Lipinski definition) is 1. The van der Waals surface area contributed by atoms with Gasteiger partial charge in [0, 0.05) is 31.9 Å². The highest BCUT2D eigenvalue weighted by molar-refractivity contribution is 5.70. The van der Waals surface area contributed by atoms with Crippen LogP contribution in [0.4, 0.5) is 0 Å². The second-order valence-electron chi connectivity index (χ2n) is 5.99. The number of nitrogens with one attached hydrogen (secondary N) is 1. The first-order valence-electron chi connectivity index (χ1n) is 7.86. The fraction of sp³-hybridized carbons (Fsp3) is 0.368. The van der Waals surface area contributed by atoms with Gasteiger partial charge in [-0.1, -0.05) is 12.1 Å². The highest BCUT2D eigenvalue weighted by Crippen LogP contribution is 2.25. The lowest BCUT2D eigenvalue weighted by Gasteiger charge is -2.16. The summed E-state index contributed by atoms with van der Waals surface area (Å²) in [4.78, 5) is 15.2. The maximum atomic E-state index is 11.2. The van der Waals surface area contributed by atoms with Crippen LogP contribution in [0.25, 0.3) is 0 Å². The molecule has 122 valence electrons. The molecule has 0 saturated heterocycles. The van der Waals surface area contributed by atoms with Gasteiger partial charge in [-0.3, -0.25) is 9.78 Å². The van der Waals surface area contributed by atoms with E-state index in [0.29, 0.717) is 11.8 Å². The number of nitrogens with zero attached hydrogens (tertiary/aromatic N) is 1. The molecule has 0 spiro atoms. The Morgan fingerprint density at radius 2 is 1.78 bits per heavy atom. The molecule has 4 nitrogen and oxygen atoms in total. The van der Waals surface area contributed by atoms with E-state index in [2.05, 4.69) is 29.4 Å². The standard InChI is InChI=1S/C19H24N2O2/c1-13-9-18(10-14(2)19(13)23-16(4)22)12-21-15(3)11-17-5-7-20-8-6-17/h5-10,15,21H,11-12H2,1-4H3. The Kier molecular flexibility index (Phi) is 5.88. The van der Waals surface area contributed by atoms with Gasteiger partial charge in [0.25, 0.3) is 0 Å². The fourth-order valence-corrected chi connectivity index (χ4v) is 2.68. The third-order valence-corrected chi connectivity index (χ3v) is 3.71. The molecule has 0 aliphatic carbocycles. The van der Waals surface area contributed by atoms with E-state index >= 15 is 0 Å². The first-order valence-corrected chi connectivity index (χ1v) is 7.86. The maximum absolute atomic E-state index is 11.2. The zero-order valence-corrected chi connectivity index (χ0v) is 14.2. The molecule has 0 fully saturated rings. The van der Waals surface area contributed by atoms with Crippen molar-refractivity contribution in [3.8, 4) is 5.75 Å². The number of hydrogen-bond acceptors (Lipinski definition) is 4. The summed E-state index contributed by atoms with van der Waals surface area (Å²) in [6, 6.07) is 8.58. The molecular weight excluding hydrogens is 288 g/mol. The summed E-state index contributed by atoms with van der Waals surface area (Å²) in [5, 5.41) is 3.53. The van der Waals surface area contributed by atoms with Gasteiger partial charge < -0.3 is 10.1 Å². The Balaban J connectivity index is 1.96. The minimum absolute atomic E-state index is 0.284. The zero-order chi connectivity index (χ0) is 16.8. The van der Waals surface area contributed by atoms with Gasteiger partial charge in [0.05, 0.1) is 0 Å². The molecule has 2 aromatic rings. The Hall–Kier alpha value is -2.20. The molecule has 23 heavy (non-hydrogen) atoms. The average Bonchev–Trinajstić information content (AvgIpc) is 2.50. The van der Waals surface area contributed by atoms with E-state index in [-0.39, 0.29) is 5.97 Å². The van der Waals surface area contributed by atoms with Crippen molar-refractivity contribution in [3.05, 3.63) is 58.9 Å². The lowest BCUT2D eigenvalue weighted by atomic mass is 10.0. The summed E-state index contributed by atoms with van der Waals surface area (Å²) in [6.45, 7) is 8.32. The average molecular weight is 312 g/mol. The molecule has 1 unspecified atom stereocenters. The van der Waals surface area contributed by atoms with Crippen LogP contribution in [-0.2, 0) is 17.8 Å². The van der Waals surface area contributed by atoms with Gasteiger partial charge in [-0.05, 0) is 61.6 Å². The Labute approximate surface area is 137 Å². The maximum Gasteiger partial charge on any atom is 0.308 e. The van der Waals surface area contributed by atoms with Crippen molar-refractivity contribution in [2.75, 3.05) is 0 Å². The van der Waals surface area contributed by atoms with Crippen LogP contribution >= 0.6 is 0 Å². The number of carbonyl (C=O) groups excluding carboxylic acids is 1. The summed E-state index contributed by atoms with van der Waals surface area (Å²) in [5.74, 6) is 0.388. The summed E-state index contributed by atoms with van der Waals surface area (Å²) in [7, 11) is 0. The van der Waals surface area contributed by atoms with Crippen LogP contribution in [0.3, 0.4) is 0 Å². The van der Waals surface area contributed by atoms with Crippen LogP contribution in [0.1, 0.15) is 36.1 Å². The van der Waals surface area contributed by atoms with Crippen molar-refractivity contribution in [2.45, 2.75) is 46.7 Å². The number of aromatic nitrogens is 1. The summed E-state index contributed by atoms with van der Waals surface area (Å²) in [6.07, 6.45) is 4.61. The van der Waals surface area contributed by atoms with Crippen molar-refractivity contribution in [1.82, 2.24) is 10.3 Å². The van der Waals surface area contributed by atoms with Crippen LogP contribution in [0.15, 0.2) is 36.7 Å². The molecule has 1 atom stereocenters. The van der Waals surface area contributed by atoms with Crippen molar-refractivity contribution in [3.63, 3.8) is 0 Å². The fourth-order valence-electron chi connectivity index (χ4n) is 2.68. The van der Waals surface area contributed by atoms with E-state index in [1.54, 1.807) is 0 Å². The molecule has 0 bridgehead atoms. The lowest BCUT2D eigenvalue weighted by molar-refractivity contribution is -0.131. The normalized spacial score (nSPS) is 12.0. The molecule has 0 saturated carbocycles. The minimum atomic E-state index is -0.284. The van der Waals surface area contributed by atoms with E-state index in [1.807, 2.05) is 38.4 Å². The highest BCUT2D eigenvalue weighted by Gasteiger charge is 2.10. The van der Waals surface area contributed by atoms with Crippen molar-refractivity contribution in [2.24, 2.45) is 0 Å². The Morgan fingerprint density at radius 1 is 1.17 bits per heavy atom. The largest absolute Gasteiger partial charge is 0.426 e. The molecule has 0 amide bonds. The molecule has 0 aliphatic rings. The van der Waals surface area contributed by atoms with E-state index in [4.69, 9.17) is 4.74 Å². The SMILES string of the molecule is CC(=O)Oc1c(C)cc(CNC(C)Cc2ccncc2)cc1C. The van der Waals surface area contributed by atoms with Crippen LogP contribution in [0.5, 0.6) is 5.75 Å². The number of ether oxygens (including phenoxy) is 1. The lowest BCUT2D eigenvalue weighted by Crippen LogP contribution is -2.27. The van der Waals surface area contributed by atoms with Gasteiger partial charge in [-0.2, -0.15) is 0 Å².